The van der Waals surface area contributed by atoms with Crippen molar-refractivity contribution in [2.24, 2.45) is 4.99 Å². The first-order valence-electron chi connectivity index (χ1n) is 5.15. The van der Waals surface area contributed by atoms with Crippen molar-refractivity contribution in [3.05, 3.63) is 24.8 Å². The van der Waals surface area contributed by atoms with Gasteiger partial charge < -0.3 is 0 Å². The minimum Gasteiger partial charge on any atom is -0.294 e. The van der Waals surface area contributed by atoms with Crippen LogP contribution in [0.3, 0.4) is 0 Å². The molecule has 1 rings (SSSR count). The van der Waals surface area contributed by atoms with Gasteiger partial charge in [-0.1, -0.05) is 37.6 Å². The highest BCUT2D eigenvalue weighted by Crippen LogP contribution is 2.13. The number of allylic oxidation sites excluding steroid dienone is 2. The van der Waals surface area contributed by atoms with Crippen LogP contribution < -0.4 is 0 Å². The molecule has 0 aromatic carbocycles. The lowest BCUT2D eigenvalue weighted by Gasteiger charge is -2.10. The number of hydrogen-bond donors (Lipinski definition) is 0. The summed E-state index contributed by atoms with van der Waals surface area (Å²) in [5.74, 6) is 0. The van der Waals surface area contributed by atoms with Crippen LogP contribution in [0.15, 0.2) is 29.8 Å². The Morgan fingerprint density at radius 3 is 2.85 bits per heavy atom. The Labute approximate surface area is 81.3 Å². The summed E-state index contributed by atoms with van der Waals surface area (Å²) in [6, 6.07) is 0. The molecule has 0 bridgehead atoms. The van der Waals surface area contributed by atoms with Gasteiger partial charge in [-0.3, -0.25) is 4.99 Å². The van der Waals surface area contributed by atoms with E-state index in [0.29, 0.717) is 0 Å². The van der Waals surface area contributed by atoms with Gasteiger partial charge in [0.1, 0.15) is 0 Å². The van der Waals surface area contributed by atoms with Crippen LogP contribution in [-0.2, 0) is 0 Å². The van der Waals surface area contributed by atoms with Crippen LogP contribution in [0.2, 0.25) is 0 Å². The summed E-state index contributed by atoms with van der Waals surface area (Å²) in [6.07, 6.45) is 9.18. The van der Waals surface area contributed by atoms with Crippen LogP contribution in [0, 0.1) is 0 Å². The van der Waals surface area contributed by atoms with Crippen LogP contribution in [-0.4, -0.2) is 12.3 Å². The smallest absolute Gasteiger partial charge is 0.0388 e. The molecule has 13 heavy (non-hydrogen) atoms. The van der Waals surface area contributed by atoms with Gasteiger partial charge in [-0.05, 0) is 19.3 Å². The first-order valence-corrected chi connectivity index (χ1v) is 5.15. The normalized spacial score (nSPS) is 18.3. The van der Waals surface area contributed by atoms with Gasteiger partial charge in [-0.25, -0.2) is 0 Å². The third-order valence-electron chi connectivity index (χ3n) is 2.43. The van der Waals surface area contributed by atoms with E-state index in [4.69, 9.17) is 0 Å². The van der Waals surface area contributed by atoms with Gasteiger partial charge in [-0.15, -0.1) is 0 Å². The second-order valence-electron chi connectivity index (χ2n) is 3.65. The maximum Gasteiger partial charge on any atom is 0.0388 e. The molecule has 1 nitrogen and oxygen atoms in total. The van der Waals surface area contributed by atoms with E-state index in [1.165, 1.54) is 31.4 Å². The van der Waals surface area contributed by atoms with Gasteiger partial charge in [0, 0.05) is 18.7 Å². The van der Waals surface area contributed by atoms with Crippen molar-refractivity contribution in [3.8, 4) is 0 Å². The fourth-order valence-corrected chi connectivity index (χ4v) is 1.59. The minimum atomic E-state index is 0.934. The third kappa shape index (κ3) is 4.07. The van der Waals surface area contributed by atoms with E-state index in [2.05, 4.69) is 18.2 Å². The van der Waals surface area contributed by atoms with E-state index < -0.39 is 0 Å². The summed E-state index contributed by atoms with van der Waals surface area (Å²) in [4.78, 5) is 4.58. The number of hydrogen-bond acceptors (Lipinski definition) is 1. The lowest BCUT2D eigenvalue weighted by atomic mass is 10.0. The molecule has 0 fully saturated rings. The lowest BCUT2D eigenvalue weighted by Crippen LogP contribution is -2.03. The summed E-state index contributed by atoms with van der Waals surface area (Å²) >= 11 is 0. The van der Waals surface area contributed by atoms with Crippen molar-refractivity contribution in [2.45, 2.75) is 38.5 Å². The van der Waals surface area contributed by atoms with Gasteiger partial charge in [-0.2, -0.15) is 0 Å². The molecule has 1 heteroatoms. The van der Waals surface area contributed by atoms with Crippen LogP contribution in [0.25, 0.3) is 0 Å². The van der Waals surface area contributed by atoms with Crippen molar-refractivity contribution in [2.75, 3.05) is 6.54 Å². The first-order chi connectivity index (χ1) is 6.33. The zero-order valence-corrected chi connectivity index (χ0v) is 8.39. The topological polar surface area (TPSA) is 12.4 Å². The first kappa shape index (κ1) is 10.2. The van der Waals surface area contributed by atoms with Crippen molar-refractivity contribution in [1.82, 2.24) is 0 Å². The average Bonchev–Trinajstić information content (AvgIpc) is 2.09. The molecule has 0 aromatic rings. The number of nitrogens with zero attached hydrogens (tertiary/aromatic N) is 1. The summed E-state index contributed by atoms with van der Waals surface area (Å²) in [6.45, 7) is 8.65. The molecule has 0 spiro atoms. The minimum absolute atomic E-state index is 0.934. The molecule has 0 atom stereocenters. The number of aliphatic imine (C=N–C) groups is 1. The molecule has 1 aliphatic heterocycles. The molecule has 1 aliphatic rings. The quantitative estimate of drug-likeness (QED) is 0.585. The fourth-order valence-electron chi connectivity index (χ4n) is 1.59. The monoisotopic (exact) mass is 177 g/mol. The molecule has 0 saturated carbocycles. The molecule has 0 radical (unpaired) electrons. The standard InChI is InChI=1S/C12H19N/c1-3-11(2)10-12-8-6-4-5-7-9-13-12/h3H,1-2,4-10H2. The summed E-state index contributed by atoms with van der Waals surface area (Å²) in [5.41, 5.74) is 2.42. The van der Waals surface area contributed by atoms with Crippen molar-refractivity contribution in [1.29, 1.82) is 0 Å². The van der Waals surface area contributed by atoms with Crippen molar-refractivity contribution in [3.63, 3.8) is 0 Å². The van der Waals surface area contributed by atoms with Gasteiger partial charge in [0.25, 0.3) is 0 Å². The highest BCUT2D eigenvalue weighted by Gasteiger charge is 2.03. The largest absolute Gasteiger partial charge is 0.294 e. The van der Waals surface area contributed by atoms with E-state index in [1.807, 2.05) is 6.08 Å². The summed E-state index contributed by atoms with van der Waals surface area (Å²) in [5, 5.41) is 0. The predicted molar refractivity (Wildman–Crippen MR) is 59.3 cm³/mol. The van der Waals surface area contributed by atoms with Gasteiger partial charge in [0.2, 0.25) is 0 Å². The molecular formula is C12H19N. The summed E-state index contributed by atoms with van der Waals surface area (Å²) in [7, 11) is 0. The highest BCUT2D eigenvalue weighted by atomic mass is 14.7. The van der Waals surface area contributed by atoms with Crippen LogP contribution in [0.4, 0.5) is 0 Å². The zero-order chi connectivity index (χ0) is 9.52. The number of rotatable bonds is 3. The van der Waals surface area contributed by atoms with Gasteiger partial charge >= 0.3 is 0 Å². The van der Waals surface area contributed by atoms with E-state index in [1.54, 1.807) is 0 Å². The van der Waals surface area contributed by atoms with E-state index in [-0.39, 0.29) is 0 Å². The SMILES string of the molecule is C=CC(=C)CC1=NCCCCCC1. The fraction of sp³-hybridized carbons (Fsp3) is 0.583. The summed E-state index contributed by atoms with van der Waals surface area (Å²) < 4.78 is 0. The highest BCUT2D eigenvalue weighted by molar-refractivity contribution is 5.86. The Balaban J connectivity index is 2.44. The molecule has 0 aliphatic carbocycles. The predicted octanol–water partition coefficient (Wildman–Crippen LogP) is 3.52. The molecule has 0 aromatic heterocycles. The van der Waals surface area contributed by atoms with Crippen molar-refractivity contribution < 1.29 is 0 Å². The molecule has 1 heterocycles. The molecular weight excluding hydrogens is 158 g/mol. The Hall–Kier alpha value is -0.850. The van der Waals surface area contributed by atoms with Crippen LogP contribution in [0.1, 0.15) is 38.5 Å². The van der Waals surface area contributed by atoms with Crippen LogP contribution >= 0.6 is 0 Å². The van der Waals surface area contributed by atoms with Gasteiger partial charge in [0.05, 0.1) is 0 Å². The maximum absolute atomic E-state index is 4.58. The second kappa shape index (κ2) is 5.74. The molecule has 0 N–H and O–H groups in total. The molecule has 72 valence electrons. The maximum atomic E-state index is 4.58. The molecule has 0 amide bonds. The zero-order valence-electron chi connectivity index (χ0n) is 8.39. The Morgan fingerprint density at radius 2 is 2.08 bits per heavy atom. The Morgan fingerprint density at radius 1 is 1.31 bits per heavy atom. The van der Waals surface area contributed by atoms with E-state index in [9.17, 15) is 0 Å². The Bertz CT molecular complexity index is 213. The van der Waals surface area contributed by atoms with Gasteiger partial charge in [0.15, 0.2) is 0 Å². The second-order valence-corrected chi connectivity index (χ2v) is 3.65. The molecule has 0 unspecified atom stereocenters. The third-order valence-corrected chi connectivity index (χ3v) is 2.43. The molecule has 0 saturated heterocycles. The lowest BCUT2D eigenvalue weighted by molar-refractivity contribution is 0.641. The van der Waals surface area contributed by atoms with Crippen molar-refractivity contribution >= 4 is 5.71 Å². The Kier molecular flexibility index (Phi) is 4.52. The van der Waals surface area contributed by atoms with E-state index in [0.717, 1.165) is 25.0 Å². The van der Waals surface area contributed by atoms with Crippen LogP contribution in [0.5, 0.6) is 0 Å². The van der Waals surface area contributed by atoms with E-state index >= 15 is 0 Å². The average molecular weight is 177 g/mol.